The van der Waals surface area contributed by atoms with Crippen LogP contribution < -0.4 is 5.73 Å². The van der Waals surface area contributed by atoms with E-state index in [0.29, 0.717) is 11.5 Å². The molecule has 7 heteroatoms. The molecule has 0 saturated heterocycles. The summed E-state index contributed by atoms with van der Waals surface area (Å²) in [7, 11) is -3.17. The van der Waals surface area contributed by atoms with Crippen molar-refractivity contribution in [2.45, 2.75) is 32.1 Å². The molecule has 0 fully saturated rings. The molecule has 0 radical (unpaired) electrons. The molecule has 1 heterocycles. The highest BCUT2D eigenvalue weighted by molar-refractivity contribution is 7.92. The van der Waals surface area contributed by atoms with E-state index in [0.717, 1.165) is 5.56 Å². The largest absolute Gasteiger partial charge is 0.399 e. The summed E-state index contributed by atoms with van der Waals surface area (Å²) >= 11 is 0. The lowest BCUT2D eigenvalue weighted by molar-refractivity contribution is 0.548. The van der Waals surface area contributed by atoms with Crippen molar-refractivity contribution in [3.05, 3.63) is 30.6 Å². The van der Waals surface area contributed by atoms with Crippen LogP contribution in [0.5, 0.6) is 0 Å². The van der Waals surface area contributed by atoms with Crippen molar-refractivity contribution in [1.82, 2.24) is 14.8 Å². The number of benzene rings is 1. The van der Waals surface area contributed by atoms with Gasteiger partial charge in [-0.2, -0.15) is 5.10 Å². The van der Waals surface area contributed by atoms with Gasteiger partial charge in [-0.05, 0) is 32.9 Å². The first-order chi connectivity index (χ1) is 9.69. The highest BCUT2D eigenvalue weighted by Gasteiger charge is 2.28. The maximum Gasteiger partial charge on any atom is 0.181 e. The molecular formula is C14H20N4O2S. The first kappa shape index (κ1) is 15.5. The van der Waals surface area contributed by atoms with Crippen LogP contribution in [0.1, 0.15) is 20.8 Å². The van der Waals surface area contributed by atoms with Crippen molar-refractivity contribution >= 4 is 15.5 Å². The third-order valence-corrected chi connectivity index (χ3v) is 5.79. The second-order valence-corrected chi connectivity index (χ2v) is 8.75. The molecule has 0 amide bonds. The van der Waals surface area contributed by atoms with Crippen LogP contribution in [-0.2, 0) is 16.4 Å². The van der Waals surface area contributed by atoms with E-state index in [1.165, 1.54) is 6.33 Å². The number of hydrogen-bond acceptors (Lipinski definition) is 5. The zero-order chi connectivity index (χ0) is 15.7. The number of nitrogens with zero attached hydrogens (tertiary/aromatic N) is 3. The van der Waals surface area contributed by atoms with E-state index in [2.05, 4.69) is 10.1 Å². The number of nitrogen functional groups attached to an aromatic ring is 1. The molecular weight excluding hydrogens is 288 g/mol. The van der Waals surface area contributed by atoms with Crippen molar-refractivity contribution in [2.75, 3.05) is 11.5 Å². The maximum atomic E-state index is 12.1. The molecule has 2 N–H and O–H groups in total. The number of hydrogen-bond donors (Lipinski definition) is 1. The van der Waals surface area contributed by atoms with E-state index in [1.807, 2.05) is 12.1 Å². The molecule has 0 atom stereocenters. The Labute approximate surface area is 124 Å². The topological polar surface area (TPSA) is 90.9 Å². The second kappa shape index (κ2) is 5.48. The Morgan fingerprint density at radius 2 is 2.00 bits per heavy atom. The van der Waals surface area contributed by atoms with Gasteiger partial charge >= 0.3 is 0 Å². The van der Waals surface area contributed by atoms with Crippen molar-refractivity contribution < 1.29 is 8.42 Å². The lowest BCUT2D eigenvalue weighted by Crippen LogP contribution is -2.32. The highest BCUT2D eigenvalue weighted by atomic mass is 32.2. The van der Waals surface area contributed by atoms with Gasteiger partial charge in [-0.1, -0.05) is 12.1 Å². The van der Waals surface area contributed by atoms with Crippen LogP contribution in [0.3, 0.4) is 0 Å². The minimum Gasteiger partial charge on any atom is -0.399 e. The fourth-order valence-electron chi connectivity index (χ4n) is 1.73. The number of nitrogens with two attached hydrogens (primary N) is 1. The Kier molecular flexibility index (Phi) is 4.04. The molecule has 0 unspecified atom stereocenters. The summed E-state index contributed by atoms with van der Waals surface area (Å²) < 4.78 is 24.9. The third kappa shape index (κ3) is 3.60. The first-order valence-corrected chi connectivity index (χ1v) is 8.32. The van der Waals surface area contributed by atoms with E-state index in [1.54, 1.807) is 37.6 Å². The molecule has 21 heavy (non-hydrogen) atoms. The standard InChI is InChI=1S/C14H20N4O2S/c1-14(2,3)21(19,20)8-7-18-10-16-13(17-18)11-5-4-6-12(15)9-11/h4-6,9-10H,7-8,15H2,1-3H3. The molecule has 2 rings (SSSR count). The van der Waals surface area contributed by atoms with Crippen molar-refractivity contribution in [3.63, 3.8) is 0 Å². The average molecular weight is 308 g/mol. The van der Waals surface area contributed by atoms with Gasteiger partial charge in [0.15, 0.2) is 15.7 Å². The molecule has 6 nitrogen and oxygen atoms in total. The van der Waals surface area contributed by atoms with Gasteiger partial charge in [0.1, 0.15) is 6.33 Å². The lowest BCUT2D eigenvalue weighted by atomic mass is 10.2. The van der Waals surface area contributed by atoms with E-state index in [9.17, 15) is 8.42 Å². The molecule has 0 aliphatic heterocycles. The van der Waals surface area contributed by atoms with Gasteiger partial charge in [-0.15, -0.1) is 0 Å². The predicted octanol–water partition coefficient (Wildman–Crippen LogP) is 1.74. The average Bonchev–Trinajstić information content (AvgIpc) is 2.84. The second-order valence-electron chi connectivity index (χ2n) is 5.89. The minimum atomic E-state index is -3.17. The molecule has 0 aliphatic carbocycles. The number of aromatic nitrogens is 3. The van der Waals surface area contributed by atoms with Crippen LogP contribution in [0.2, 0.25) is 0 Å². The Balaban J connectivity index is 2.12. The van der Waals surface area contributed by atoms with Gasteiger partial charge < -0.3 is 5.73 Å². The smallest absolute Gasteiger partial charge is 0.181 e. The highest BCUT2D eigenvalue weighted by Crippen LogP contribution is 2.18. The Bertz CT molecular complexity index is 729. The van der Waals surface area contributed by atoms with E-state index in [4.69, 9.17) is 5.73 Å². The SMILES string of the molecule is CC(C)(C)S(=O)(=O)CCn1cnc(-c2cccc(N)c2)n1. The monoisotopic (exact) mass is 308 g/mol. The summed E-state index contributed by atoms with van der Waals surface area (Å²) in [4.78, 5) is 4.19. The Hall–Kier alpha value is -1.89. The summed E-state index contributed by atoms with van der Waals surface area (Å²) in [6.07, 6.45) is 1.54. The summed E-state index contributed by atoms with van der Waals surface area (Å²) in [6.45, 7) is 5.38. The number of aryl methyl sites for hydroxylation is 1. The van der Waals surface area contributed by atoms with Crippen molar-refractivity contribution in [2.24, 2.45) is 0 Å². The molecule has 114 valence electrons. The van der Waals surface area contributed by atoms with Crippen LogP contribution in [0.15, 0.2) is 30.6 Å². The lowest BCUT2D eigenvalue weighted by Gasteiger charge is -2.18. The van der Waals surface area contributed by atoms with E-state index < -0.39 is 14.6 Å². The van der Waals surface area contributed by atoms with E-state index in [-0.39, 0.29) is 12.3 Å². The van der Waals surface area contributed by atoms with Gasteiger partial charge in [0.05, 0.1) is 17.0 Å². The summed E-state index contributed by atoms with van der Waals surface area (Å²) in [6, 6.07) is 7.26. The summed E-state index contributed by atoms with van der Waals surface area (Å²) in [5, 5.41) is 4.29. The zero-order valence-electron chi connectivity index (χ0n) is 12.4. The van der Waals surface area contributed by atoms with Crippen LogP contribution in [-0.4, -0.2) is 33.7 Å². The normalized spacial score (nSPS) is 12.5. The van der Waals surface area contributed by atoms with Crippen LogP contribution in [0, 0.1) is 0 Å². The number of anilines is 1. The summed E-state index contributed by atoms with van der Waals surface area (Å²) in [5.74, 6) is 0.575. The van der Waals surface area contributed by atoms with E-state index >= 15 is 0 Å². The van der Waals surface area contributed by atoms with Gasteiger partial charge in [-0.25, -0.2) is 13.4 Å². The quantitative estimate of drug-likeness (QED) is 0.869. The van der Waals surface area contributed by atoms with Crippen molar-refractivity contribution in [1.29, 1.82) is 0 Å². The molecule has 0 spiro atoms. The number of sulfone groups is 1. The Morgan fingerprint density at radius 3 is 2.62 bits per heavy atom. The van der Waals surface area contributed by atoms with Crippen molar-refractivity contribution in [3.8, 4) is 11.4 Å². The van der Waals surface area contributed by atoms with Gasteiger partial charge in [0.2, 0.25) is 0 Å². The maximum absolute atomic E-state index is 12.1. The minimum absolute atomic E-state index is 0.0379. The third-order valence-electron chi connectivity index (χ3n) is 3.20. The molecule has 1 aromatic carbocycles. The van der Waals surface area contributed by atoms with Gasteiger partial charge in [-0.3, -0.25) is 4.68 Å². The first-order valence-electron chi connectivity index (χ1n) is 6.67. The molecule has 0 saturated carbocycles. The summed E-state index contributed by atoms with van der Waals surface area (Å²) in [5.41, 5.74) is 7.18. The fourth-order valence-corrected chi connectivity index (χ4v) is 2.77. The Morgan fingerprint density at radius 1 is 1.29 bits per heavy atom. The van der Waals surface area contributed by atoms with Gasteiger partial charge in [0.25, 0.3) is 0 Å². The van der Waals surface area contributed by atoms with Crippen LogP contribution in [0.25, 0.3) is 11.4 Å². The van der Waals surface area contributed by atoms with Crippen LogP contribution >= 0.6 is 0 Å². The molecule has 0 bridgehead atoms. The molecule has 1 aromatic heterocycles. The zero-order valence-corrected chi connectivity index (χ0v) is 13.3. The fraction of sp³-hybridized carbons (Fsp3) is 0.429. The predicted molar refractivity (Wildman–Crippen MR) is 83.4 cm³/mol. The van der Waals surface area contributed by atoms with Gasteiger partial charge in [0, 0.05) is 11.3 Å². The van der Waals surface area contributed by atoms with Crippen LogP contribution in [0.4, 0.5) is 5.69 Å². The number of rotatable bonds is 4. The molecule has 2 aromatic rings. The molecule has 0 aliphatic rings.